The van der Waals surface area contributed by atoms with Gasteiger partial charge in [-0.3, -0.25) is 0 Å². The molecular formula is C56H36N2O. The van der Waals surface area contributed by atoms with Gasteiger partial charge in [-0.25, -0.2) is 0 Å². The van der Waals surface area contributed by atoms with Crippen LogP contribution in [0.5, 0.6) is 0 Å². The van der Waals surface area contributed by atoms with Crippen LogP contribution >= 0.6 is 0 Å². The SMILES string of the molecule is c1ccc(-c2ccc(N(c3cccc(-n4c5cccc(-c6cccc7ccccc67)c5c5c6ccccc6ccc54)c3)c3cccc4oc5ccccc5c34)cc2)cc1. The van der Waals surface area contributed by atoms with Crippen LogP contribution in [0.15, 0.2) is 223 Å². The van der Waals surface area contributed by atoms with Crippen LogP contribution in [0, 0.1) is 0 Å². The molecule has 0 saturated carbocycles. The minimum absolute atomic E-state index is 0.862. The maximum absolute atomic E-state index is 6.45. The minimum Gasteiger partial charge on any atom is -0.456 e. The molecule has 0 unspecified atom stereocenters. The summed E-state index contributed by atoms with van der Waals surface area (Å²) in [5, 5.41) is 9.65. The Balaban J connectivity index is 1.12. The molecule has 0 bridgehead atoms. The third-order valence-electron chi connectivity index (χ3n) is 12.0. The molecule has 0 aliphatic carbocycles. The van der Waals surface area contributed by atoms with Gasteiger partial charge in [0.2, 0.25) is 0 Å². The maximum atomic E-state index is 6.45. The van der Waals surface area contributed by atoms with Crippen molar-refractivity contribution in [3.8, 4) is 27.9 Å². The molecule has 10 aromatic carbocycles. The van der Waals surface area contributed by atoms with Crippen LogP contribution in [0.4, 0.5) is 17.1 Å². The fourth-order valence-corrected chi connectivity index (χ4v) is 9.37. The van der Waals surface area contributed by atoms with Crippen LogP contribution < -0.4 is 4.90 Å². The lowest BCUT2D eigenvalue weighted by Gasteiger charge is -2.27. The van der Waals surface area contributed by atoms with Gasteiger partial charge < -0.3 is 13.9 Å². The quantitative estimate of drug-likeness (QED) is 0.169. The van der Waals surface area contributed by atoms with E-state index in [1.54, 1.807) is 0 Å². The van der Waals surface area contributed by atoms with Crippen molar-refractivity contribution < 1.29 is 4.42 Å². The van der Waals surface area contributed by atoms with Gasteiger partial charge in [0.25, 0.3) is 0 Å². The first-order chi connectivity index (χ1) is 29.3. The summed E-state index contributed by atoms with van der Waals surface area (Å²) in [6.07, 6.45) is 0. The predicted molar refractivity (Wildman–Crippen MR) is 249 cm³/mol. The number of hydrogen-bond donors (Lipinski definition) is 0. The summed E-state index contributed by atoms with van der Waals surface area (Å²) in [5.41, 5.74) is 13.2. The number of anilines is 3. The van der Waals surface area contributed by atoms with Crippen LogP contribution in [0.1, 0.15) is 0 Å². The van der Waals surface area contributed by atoms with Gasteiger partial charge in [0.15, 0.2) is 0 Å². The third-order valence-corrected chi connectivity index (χ3v) is 12.0. The highest BCUT2D eigenvalue weighted by atomic mass is 16.3. The van der Waals surface area contributed by atoms with Crippen molar-refractivity contribution in [2.24, 2.45) is 0 Å². The Labute approximate surface area is 341 Å². The van der Waals surface area contributed by atoms with E-state index >= 15 is 0 Å². The van der Waals surface area contributed by atoms with E-state index in [0.717, 1.165) is 44.7 Å². The van der Waals surface area contributed by atoms with Crippen LogP contribution in [0.25, 0.3) is 93.2 Å². The number of furan rings is 1. The number of nitrogens with zero attached hydrogens (tertiary/aromatic N) is 2. The van der Waals surface area contributed by atoms with E-state index in [0.29, 0.717) is 0 Å². The van der Waals surface area contributed by atoms with Crippen LogP contribution in [-0.4, -0.2) is 4.57 Å². The summed E-state index contributed by atoms with van der Waals surface area (Å²) in [7, 11) is 0. The second-order valence-corrected chi connectivity index (χ2v) is 15.3. The summed E-state index contributed by atoms with van der Waals surface area (Å²) < 4.78 is 8.91. The Kier molecular flexibility index (Phi) is 7.54. The van der Waals surface area contributed by atoms with Gasteiger partial charge in [-0.15, -0.1) is 0 Å². The molecule has 59 heavy (non-hydrogen) atoms. The molecule has 12 aromatic rings. The van der Waals surface area contributed by atoms with Crippen LogP contribution in [-0.2, 0) is 0 Å². The highest BCUT2D eigenvalue weighted by Gasteiger charge is 2.23. The number of hydrogen-bond acceptors (Lipinski definition) is 2. The number of para-hydroxylation sites is 1. The largest absolute Gasteiger partial charge is 0.456 e. The average Bonchev–Trinajstić information content (AvgIpc) is 3.86. The first-order valence-electron chi connectivity index (χ1n) is 20.2. The van der Waals surface area contributed by atoms with Gasteiger partial charge in [0.1, 0.15) is 11.2 Å². The highest BCUT2D eigenvalue weighted by molar-refractivity contribution is 6.26. The molecule has 0 atom stereocenters. The molecule has 3 nitrogen and oxygen atoms in total. The van der Waals surface area contributed by atoms with Crippen molar-refractivity contribution in [2.75, 3.05) is 4.90 Å². The zero-order valence-electron chi connectivity index (χ0n) is 32.1. The first kappa shape index (κ1) is 33.3. The number of aromatic nitrogens is 1. The summed E-state index contributed by atoms with van der Waals surface area (Å²) >= 11 is 0. The second kappa shape index (κ2) is 13.4. The van der Waals surface area contributed by atoms with Gasteiger partial charge in [-0.2, -0.15) is 0 Å². The van der Waals surface area contributed by atoms with Gasteiger partial charge in [0.05, 0.1) is 22.1 Å². The lowest BCUT2D eigenvalue weighted by atomic mass is 9.93. The molecule has 0 N–H and O–H groups in total. The monoisotopic (exact) mass is 752 g/mol. The normalized spacial score (nSPS) is 11.7. The molecule has 0 saturated heterocycles. The van der Waals surface area contributed by atoms with Gasteiger partial charge in [-0.05, 0) is 104 Å². The van der Waals surface area contributed by atoms with E-state index in [1.807, 2.05) is 6.07 Å². The van der Waals surface area contributed by atoms with E-state index in [-0.39, 0.29) is 0 Å². The molecule has 3 heteroatoms. The van der Waals surface area contributed by atoms with Crippen molar-refractivity contribution >= 4 is 82.4 Å². The lowest BCUT2D eigenvalue weighted by Crippen LogP contribution is -2.11. The topological polar surface area (TPSA) is 21.3 Å². The fraction of sp³-hybridized carbons (Fsp3) is 0. The average molecular weight is 753 g/mol. The Morgan fingerprint density at radius 2 is 0.983 bits per heavy atom. The number of rotatable bonds is 6. The van der Waals surface area contributed by atoms with Gasteiger partial charge in [0, 0.05) is 33.2 Å². The van der Waals surface area contributed by atoms with Crippen molar-refractivity contribution in [1.82, 2.24) is 4.57 Å². The molecule has 0 spiro atoms. The Morgan fingerprint density at radius 3 is 1.85 bits per heavy atom. The molecule has 0 fully saturated rings. The minimum atomic E-state index is 0.862. The summed E-state index contributed by atoms with van der Waals surface area (Å²) in [5.74, 6) is 0. The van der Waals surface area contributed by atoms with E-state index in [1.165, 1.54) is 65.6 Å². The highest BCUT2D eigenvalue weighted by Crippen LogP contribution is 2.46. The van der Waals surface area contributed by atoms with Crippen LogP contribution in [0.3, 0.4) is 0 Å². The summed E-state index contributed by atoms with van der Waals surface area (Å²) in [6, 6.07) is 78.7. The standard InChI is InChI=1S/C56H36N2O/c1-2-14-37(15-3-1)38-30-33-41(34-31-38)57(49-27-13-29-53-54(49)48-23-8-9-28-52(48)59-53)42-19-11-20-43(36-42)58-50-26-12-25-47(46-24-10-18-39-16-4-6-21-44(39)46)56(50)55-45-22-7-5-17-40(45)32-35-51(55)58/h1-36H. The van der Waals surface area contributed by atoms with Gasteiger partial charge in [-0.1, -0.05) is 158 Å². The first-order valence-corrected chi connectivity index (χ1v) is 20.2. The smallest absolute Gasteiger partial charge is 0.137 e. The molecule has 0 aliphatic heterocycles. The molecule has 0 amide bonds. The Morgan fingerprint density at radius 1 is 0.356 bits per heavy atom. The number of fused-ring (bicyclic) bond motifs is 9. The molecule has 2 aromatic heterocycles. The van der Waals surface area contributed by atoms with Crippen LogP contribution in [0.2, 0.25) is 0 Å². The van der Waals surface area contributed by atoms with Crippen molar-refractivity contribution in [3.05, 3.63) is 218 Å². The molecular weight excluding hydrogens is 717 g/mol. The van der Waals surface area contributed by atoms with Crippen molar-refractivity contribution in [2.45, 2.75) is 0 Å². The Bertz CT molecular complexity index is 3550. The van der Waals surface area contributed by atoms with E-state index in [4.69, 9.17) is 4.42 Å². The van der Waals surface area contributed by atoms with Crippen molar-refractivity contribution in [1.29, 1.82) is 0 Å². The maximum Gasteiger partial charge on any atom is 0.137 e. The zero-order valence-corrected chi connectivity index (χ0v) is 32.1. The molecule has 0 radical (unpaired) electrons. The molecule has 0 aliphatic rings. The molecule has 12 rings (SSSR count). The van der Waals surface area contributed by atoms with E-state index in [9.17, 15) is 0 Å². The third kappa shape index (κ3) is 5.29. The van der Waals surface area contributed by atoms with E-state index in [2.05, 4.69) is 222 Å². The Hall–Kier alpha value is -7.88. The van der Waals surface area contributed by atoms with Gasteiger partial charge >= 0.3 is 0 Å². The number of benzene rings is 10. The second-order valence-electron chi connectivity index (χ2n) is 15.3. The predicted octanol–water partition coefficient (Wildman–Crippen LogP) is 15.8. The molecule has 2 heterocycles. The summed E-state index contributed by atoms with van der Waals surface area (Å²) in [4.78, 5) is 2.38. The summed E-state index contributed by atoms with van der Waals surface area (Å²) in [6.45, 7) is 0. The van der Waals surface area contributed by atoms with E-state index < -0.39 is 0 Å². The molecule has 276 valence electrons. The zero-order chi connectivity index (χ0) is 38.9. The van der Waals surface area contributed by atoms with Crippen molar-refractivity contribution in [3.63, 3.8) is 0 Å². The fourth-order valence-electron chi connectivity index (χ4n) is 9.37. The lowest BCUT2D eigenvalue weighted by molar-refractivity contribution is 0.669.